The summed E-state index contributed by atoms with van der Waals surface area (Å²) in [7, 11) is -3.67. The van der Waals surface area contributed by atoms with Crippen molar-refractivity contribution in [3.63, 3.8) is 0 Å². The van der Waals surface area contributed by atoms with Gasteiger partial charge in [-0.25, -0.2) is 8.42 Å². The van der Waals surface area contributed by atoms with Gasteiger partial charge in [0.15, 0.2) is 0 Å². The van der Waals surface area contributed by atoms with Crippen molar-refractivity contribution in [2.24, 2.45) is 0 Å². The molecular formula is C14H21N3O3S. The summed E-state index contributed by atoms with van der Waals surface area (Å²) in [4.78, 5) is 16.8. The number of likely N-dealkylation sites (tertiary alicyclic amines) is 1. The van der Waals surface area contributed by atoms with E-state index < -0.39 is 15.5 Å². The normalized spacial score (nSPS) is 22.7. The van der Waals surface area contributed by atoms with Crippen LogP contribution in [-0.2, 0) is 10.0 Å². The average Bonchev–Trinajstić information content (AvgIpc) is 3.02. The van der Waals surface area contributed by atoms with Gasteiger partial charge in [-0.2, -0.15) is 4.31 Å². The molecule has 0 saturated carbocycles. The third-order valence-corrected chi connectivity index (χ3v) is 6.41. The molecule has 3 heterocycles. The molecule has 1 aromatic rings. The van der Waals surface area contributed by atoms with Crippen LogP contribution in [0, 0.1) is 0 Å². The molecule has 1 aromatic heterocycles. The highest BCUT2D eigenvalue weighted by molar-refractivity contribution is 7.89. The Balaban J connectivity index is 1.71. The molecule has 116 valence electrons. The van der Waals surface area contributed by atoms with Crippen molar-refractivity contribution < 1.29 is 8.42 Å². The minimum atomic E-state index is -3.67. The molecule has 0 unspecified atom stereocenters. The van der Waals surface area contributed by atoms with Gasteiger partial charge in [-0.3, -0.25) is 4.79 Å². The lowest BCUT2D eigenvalue weighted by Crippen LogP contribution is -2.46. The summed E-state index contributed by atoms with van der Waals surface area (Å²) in [5, 5.41) is 0. The number of aromatic nitrogens is 1. The molecule has 2 aliphatic heterocycles. The first-order valence-corrected chi connectivity index (χ1v) is 8.94. The predicted octanol–water partition coefficient (Wildman–Crippen LogP) is 0.624. The van der Waals surface area contributed by atoms with E-state index in [1.807, 2.05) is 0 Å². The Labute approximate surface area is 124 Å². The van der Waals surface area contributed by atoms with Gasteiger partial charge in [0.25, 0.3) is 0 Å². The number of piperidine rings is 1. The molecule has 6 nitrogen and oxygen atoms in total. The van der Waals surface area contributed by atoms with Gasteiger partial charge < -0.3 is 9.88 Å². The zero-order valence-corrected chi connectivity index (χ0v) is 12.8. The van der Waals surface area contributed by atoms with Crippen LogP contribution >= 0.6 is 0 Å². The highest BCUT2D eigenvalue weighted by Gasteiger charge is 2.33. The monoisotopic (exact) mass is 311 g/mol. The fourth-order valence-electron chi connectivity index (χ4n) is 3.30. The number of nitrogens with zero attached hydrogens (tertiary/aromatic N) is 2. The summed E-state index contributed by atoms with van der Waals surface area (Å²) in [5.74, 6) is 0. The topological polar surface area (TPSA) is 73.5 Å². The Bertz CT molecular complexity index is 641. The minimum absolute atomic E-state index is 0.148. The van der Waals surface area contributed by atoms with Crippen molar-refractivity contribution in [1.82, 2.24) is 14.2 Å². The van der Waals surface area contributed by atoms with Crippen LogP contribution in [0.2, 0.25) is 0 Å². The second-order valence-corrected chi connectivity index (χ2v) is 7.66. The van der Waals surface area contributed by atoms with Gasteiger partial charge in [-0.1, -0.05) is 0 Å². The fraction of sp³-hybridized carbons (Fsp3) is 0.643. The maximum Gasteiger partial charge on any atom is 0.248 e. The highest BCUT2D eigenvalue weighted by Crippen LogP contribution is 2.24. The number of rotatable bonds is 3. The van der Waals surface area contributed by atoms with E-state index in [0.29, 0.717) is 19.1 Å². The quantitative estimate of drug-likeness (QED) is 0.888. The van der Waals surface area contributed by atoms with Crippen LogP contribution in [-0.4, -0.2) is 54.8 Å². The lowest BCUT2D eigenvalue weighted by Gasteiger charge is -2.35. The second-order valence-electron chi connectivity index (χ2n) is 5.75. The molecule has 2 saturated heterocycles. The lowest BCUT2D eigenvalue weighted by molar-refractivity contribution is 0.168. The third kappa shape index (κ3) is 2.90. The number of hydrogen-bond donors (Lipinski definition) is 1. The number of aromatic amines is 1. The van der Waals surface area contributed by atoms with Crippen molar-refractivity contribution >= 4 is 10.0 Å². The summed E-state index contributed by atoms with van der Waals surface area (Å²) in [6.45, 7) is 3.27. The number of hydrogen-bond acceptors (Lipinski definition) is 4. The first kappa shape index (κ1) is 14.7. The summed E-state index contributed by atoms with van der Waals surface area (Å²) in [6.07, 6.45) is 6.93. The maximum absolute atomic E-state index is 12.5. The summed E-state index contributed by atoms with van der Waals surface area (Å²) < 4.78 is 26.5. The molecule has 0 bridgehead atoms. The lowest BCUT2D eigenvalue weighted by atomic mass is 10.1. The van der Waals surface area contributed by atoms with Crippen LogP contribution in [0.4, 0.5) is 0 Å². The molecule has 0 atom stereocenters. The van der Waals surface area contributed by atoms with Crippen LogP contribution in [0.5, 0.6) is 0 Å². The van der Waals surface area contributed by atoms with Crippen molar-refractivity contribution in [3.8, 4) is 0 Å². The van der Waals surface area contributed by atoms with E-state index in [2.05, 4.69) is 9.88 Å². The van der Waals surface area contributed by atoms with Crippen LogP contribution < -0.4 is 5.43 Å². The Morgan fingerprint density at radius 1 is 1.10 bits per heavy atom. The Morgan fingerprint density at radius 2 is 1.76 bits per heavy atom. The van der Waals surface area contributed by atoms with Crippen LogP contribution in [0.25, 0.3) is 0 Å². The van der Waals surface area contributed by atoms with Crippen molar-refractivity contribution in [1.29, 1.82) is 0 Å². The van der Waals surface area contributed by atoms with Gasteiger partial charge in [0, 0.05) is 37.6 Å². The summed E-state index contributed by atoms with van der Waals surface area (Å²) in [5.41, 5.74) is -0.449. The molecule has 1 N–H and O–H groups in total. The van der Waals surface area contributed by atoms with Crippen molar-refractivity contribution in [2.45, 2.75) is 36.6 Å². The van der Waals surface area contributed by atoms with Gasteiger partial charge in [-0.15, -0.1) is 0 Å². The number of nitrogens with one attached hydrogen (secondary N) is 1. The van der Waals surface area contributed by atoms with Crippen molar-refractivity contribution in [2.75, 3.05) is 26.2 Å². The van der Waals surface area contributed by atoms with E-state index in [4.69, 9.17) is 0 Å². The van der Waals surface area contributed by atoms with Gasteiger partial charge in [0.05, 0.1) is 0 Å². The minimum Gasteiger partial charge on any atom is -0.366 e. The zero-order valence-electron chi connectivity index (χ0n) is 12.0. The molecule has 0 spiro atoms. The first-order valence-electron chi connectivity index (χ1n) is 7.50. The highest BCUT2D eigenvalue weighted by atomic mass is 32.2. The summed E-state index contributed by atoms with van der Waals surface area (Å²) >= 11 is 0. The smallest absolute Gasteiger partial charge is 0.248 e. The maximum atomic E-state index is 12.5. The SMILES string of the molecule is O=c1cc[nH]cc1S(=O)(=O)N1CCC(N2CCCC2)CC1. The molecule has 2 aliphatic rings. The zero-order chi connectivity index (χ0) is 14.9. The number of sulfonamides is 1. The average molecular weight is 311 g/mol. The molecule has 7 heteroatoms. The molecule has 3 rings (SSSR count). The van der Waals surface area contributed by atoms with Crippen molar-refractivity contribution in [3.05, 3.63) is 28.7 Å². The molecule has 21 heavy (non-hydrogen) atoms. The summed E-state index contributed by atoms with van der Waals surface area (Å²) in [6, 6.07) is 1.75. The van der Waals surface area contributed by atoms with Crippen LogP contribution in [0.3, 0.4) is 0 Å². The molecule has 0 aromatic carbocycles. The third-order valence-electron chi connectivity index (χ3n) is 4.49. The molecule has 2 fully saturated rings. The predicted molar refractivity (Wildman–Crippen MR) is 79.7 cm³/mol. The van der Waals surface area contributed by atoms with E-state index in [-0.39, 0.29) is 4.90 Å². The first-order chi connectivity index (χ1) is 10.1. The Morgan fingerprint density at radius 3 is 2.38 bits per heavy atom. The largest absolute Gasteiger partial charge is 0.366 e. The molecule has 0 amide bonds. The van der Waals surface area contributed by atoms with Crippen LogP contribution in [0.1, 0.15) is 25.7 Å². The van der Waals surface area contributed by atoms with Gasteiger partial charge in [0.2, 0.25) is 15.5 Å². The molecular weight excluding hydrogens is 290 g/mol. The Hall–Kier alpha value is -1.18. The second kappa shape index (κ2) is 5.90. The van der Waals surface area contributed by atoms with E-state index in [9.17, 15) is 13.2 Å². The van der Waals surface area contributed by atoms with Gasteiger partial charge in [-0.05, 0) is 38.8 Å². The van der Waals surface area contributed by atoms with E-state index in [1.165, 1.54) is 35.6 Å². The van der Waals surface area contributed by atoms with E-state index >= 15 is 0 Å². The molecule has 0 aliphatic carbocycles. The standard InChI is InChI=1S/C14H21N3O3S/c18-13-3-6-15-11-14(13)21(19,20)17-9-4-12(5-10-17)16-7-1-2-8-16/h3,6,11-12H,1-2,4-5,7-10H2,(H,15,18). The van der Waals surface area contributed by atoms with Gasteiger partial charge >= 0.3 is 0 Å². The number of pyridine rings is 1. The Kier molecular flexibility index (Phi) is 4.14. The van der Waals surface area contributed by atoms with Gasteiger partial charge in [0.1, 0.15) is 4.90 Å². The molecule has 0 radical (unpaired) electrons. The fourth-order valence-corrected chi connectivity index (χ4v) is 4.80. The van der Waals surface area contributed by atoms with Crippen LogP contribution in [0.15, 0.2) is 28.2 Å². The van der Waals surface area contributed by atoms with E-state index in [0.717, 1.165) is 25.9 Å². The number of H-pyrrole nitrogens is 1. The van der Waals surface area contributed by atoms with E-state index in [1.54, 1.807) is 0 Å².